The molecular formula is C30H34N2O7. The topological polar surface area (TPSA) is 115 Å². The molecule has 0 aliphatic heterocycles. The Morgan fingerprint density at radius 2 is 1.69 bits per heavy atom. The van der Waals surface area contributed by atoms with Crippen LogP contribution < -0.4 is 5.32 Å². The second-order valence-electron chi connectivity index (χ2n) is 11.0. The molecule has 0 fully saturated rings. The number of carbonyl (C=O) groups is 4. The number of ketones is 2. The molecule has 0 bridgehead atoms. The molecule has 206 valence electrons. The SMILES string of the molecule is Cc1cc(C)c2ccc3c(c2c1)C(=O)C(=O)c1c-3oc(CN(C)CCOC(=O)CNC(=O)OC(C)(C)C)c1C. The lowest BCUT2D eigenvalue weighted by Gasteiger charge is -2.19. The van der Waals surface area contributed by atoms with Gasteiger partial charge in [0.2, 0.25) is 11.6 Å². The number of hydrogen-bond donors (Lipinski definition) is 1. The largest absolute Gasteiger partial charge is 0.463 e. The number of ether oxygens (including phenoxy) is 2. The molecule has 1 heterocycles. The van der Waals surface area contributed by atoms with E-state index in [-0.39, 0.29) is 13.2 Å². The fourth-order valence-corrected chi connectivity index (χ4v) is 4.79. The van der Waals surface area contributed by atoms with Gasteiger partial charge < -0.3 is 19.2 Å². The number of nitrogens with one attached hydrogen (secondary N) is 1. The fourth-order valence-electron chi connectivity index (χ4n) is 4.79. The maximum atomic E-state index is 13.3. The van der Waals surface area contributed by atoms with Crippen LogP contribution in [0.15, 0.2) is 28.7 Å². The number of Topliss-reactive ketones (excluding diaryl/α,β-unsaturated/α-hetero) is 2. The first-order valence-electron chi connectivity index (χ1n) is 12.8. The zero-order valence-corrected chi connectivity index (χ0v) is 23.4. The highest BCUT2D eigenvalue weighted by Gasteiger charge is 2.37. The second-order valence-corrected chi connectivity index (χ2v) is 11.0. The number of furan rings is 1. The summed E-state index contributed by atoms with van der Waals surface area (Å²) < 4.78 is 16.5. The van der Waals surface area contributed by atoms with Gasteiger partial charge in [-0.2, -0.15) is 0 Å². The minimum absolute atomic E-state index is 0.0930. The van der Waals surface area contributed by atoms with Crippen LogP contribution in [0.4, 0.5) is 4.79 Å². The van der Waals surface area contributed by atoms with Crippen LogP contribution in [-0.2, 0) is 20.8 Å². The van der Waals surface area contributed by atoms with E-state index >= 15 is 0 Å². The average molecular weight is 535 g/mol. The number of amides is 1. The van der Waals surface area contributed by atoms with Crippen molar-refractivity contribution >= 4 is 34.4 Å². The molecule has 3 aromatic rings. The number of fused-ring (bicyclic) bond motifs is 5. The monoisotopic (exact) mass is 534 g/mol. The molecule has 1 aliphatic carbocycles. The third kappa shape index (κ3) is 5.88. The number of aryl methyl sites for hydroxylation is 2. The van der Waals surface area contributed by atoms with Gasteiger partial charge in [0, 0.05) is 23.2 Å². The van der Waals surface area contributed by atoms with E-state index in [4.69, 9.17) is 13.9 Å². The molecular weight excluding hydrogens is 500 g/mol. The molecule has 1 N–H and O–H groups in total. The first-order valence-corrected chi connectivity index (χ1v) is 12.8. The van der Waals surface area contributed by atoms with Crippen molar-refractivity contribution in [2.75, 3.05) is 26.7 Å². The summed E-state index contributed by atoms with van der Waals surface area (Å²) in [6, 6.07) is 7.80. The summed E-state index contributed by atoms with van der Waals surface area (Å²) in [6.07, 6.45) is -0.693. The van der Waals surface area contributed by atoms with Crippen LogP contribution in [0.3, 0.4) is 0 Å². The highest BCUT2D eigenvalue weighted by atomic mass is 16.6. The van der Waals surface area contributed by atoms with Crippen molar-refractivity contribution in [1.29, 1.82) is 0 Å². The lowest BCUT2D eigenvalue weighted by Crippen LogP contribution is -2.36. The van der Waals surface area contributed by atoms with Gasteiger partial charge in [-0.3, -0.25) is 19.3 Å². The summed E-state index contributed by atoms with van der Waals surface area (Å²) in [5.74, 6) is -0.696. The van der Waals surface area contributed by atoms with Crippen LogP contribution in [0.5, 0.6) is 0 Å². The number of carbonyl (C=O) groups excluding carboxylic acids is 4. The van der Waals surface area contributed by atoms with E-state index in [0.29, 0.717) is 46.9 Å². The van der Waals surface area contributed by atoms with Gasteiger partial charge in [0.15, 0.2) is 0 Å². The zero-order valence-electron chi connectivity index (χ0n) is 23.4. The molecule has 0 unspecified atom stereocenters. The molecule has 0 spiro atoms. The zero-order chi connectivity index (χ0) is 28.6. The summed E-state index contributed by atoms with van der Waals surface area (Å²) in [6.45, 7) is 11.4. The van der Waals surface area contributed by atoms with Crippen molar-refractivity contribution in [3.8, 4) is 11.3 Å². The molecule has 0 saturated carbocycles. The molecule has 4 rings (SSSR count). The summed E-state index contributed by atoms with van der Waals surface area (Å²) in [5.41, 5.74) is 3.33. The highest BCUT2D eigenvalue weighted by Crippen LogP contribution is 2.42. The van der Waals surface area contributed by atoms with E-state index < -0.39 is 29.2 Å². The minimum Gasteiger partial charge on any atom is -0.463 e. The number of nitrogens with zero attached hydrogens (tertiary/aromatic N) is 1. The van der Waals surface area contributed by atoms with E-state index in [0.717, 1.165) is 21.9 Å². The molecule has 0 atom stereocenters. The molecule has 39 heavy (non-hydrogen) atoms. The van der Waals surface area contributed by atoms with Crippen molar-refractivity contribution < 1.29 is 33.1 Å². The Labute approximate surface area is 227 Å². The quantitative estimate of drug-likeness (QED) is 0.336. The first-order chi connectivity index (χ1) is 18.3. The Kier molecular flexibility index (Phi) is 7.66. The summed E-state index contributed by atoms with van der Waals surface area (Å²) >= 11 is 0. The second kappa shape index (κ2) is 10.6. The van der Waals surface area contributed by atoms with Crippen LogP contribution >= 0.6 is 0 Å². The Hall–Kier alpha value is -3.98. The van der Waals surface area contributed by atoms with Gasteiger partial charge in [-0.25, -0.2) is 4.79 Å². The highest BCUT2D eigenvalue weighted by molar-refractivity contribution is 6.54. The van der Waals surface area contributed by atoms with E-state index in [2.05, 4.69) is 11.4 Å². The summed E-state index contributed by atoms with van der Waals surface area (Å²) in [4.78, 5) is 52.0. The predicted octanol–water partition coefficient (Wildman–Crippen LogP) is 4.90. The molecule has 9 nitrogen and oxygen atoms in total. The molecule has 1 amide bonds. The van der Waals surface area contributed by atoms with Crippen molar-refractivity contribution in [3.63, 3.8) is 0 Å². The molecule has 0 radical (unpaired) electrons. The van der Waals surface area contributed by atoms with Gasteiger partial charge in [0.1, 0.15) is 30.3 Å². The van der Waals surface area contributed by atoms with Crippen LogP contribution in [0, 0.1) is 20.8 Å². The number of alkyl carbamates (subject to hydrolysis) is 1. The molecule has 1 aliphatic rings. The van der Waals surface area contributed by atoms with Gasteiger partial charge >= 0.3 is 12.1 Å². The predicted molar refractivity (Wildman–Crippen MR) is 146 cm³/mol. The lowest BCUT2D eigenvalue weighted by atomic mass is 9.83. The van der Waals surface area contributed by atoms with Crippen LogP contribution in [-0.4, -0.2) is 60.9 Å². The standard InChI is InChI=1S/C30H34N2O7/c1-16-12-17(2)19-8-9-20-25(21(19)13-16)27(35)26(34)24-18(3)22(38-28(20)24)15-32(7)10-11-37-23(33)14-31-29(36)39-30(4,5)6/h8-9,12-13H,10-11,14-15H2,1-7H3,(H,31,36). The number of hydrogen-bond acceptors (Lipinski definition) is 8. The maximum absolute atomic E-state index is 13.3. The first kappa shape index (κ1) is 28.0. The van der Waals surface area contributed by atoms with Gasteiger partial charge in [0.05, 0.1) is 12.1 Å². The molecule has 0 saturated heterocycles. The van der Waals surface area contributed by atoms with Gasteiger partial charge in [-0.1, -0.05) is 23.8 Å². The fraction of sp³-hybridized carbons (Fsp3) is 0.400. The van der Waals surface area contributed by atoms with Crippen molar-refractivity contribution in [3.05, 3.63) is 57.8 Å². The van der Waals surface area contributed by atoms with Crippen molar-refractivity contribution in [2.45, 2.75) is 53.7 Å². The Bertz CT molecular complexity index is 1490. The summed E-state index contributed by atoms with van der Waals surface area (Å²) in [7, 11) is 1.83. The van der Waals surface area contributed by atoms with Gasteiger partial charge in [-0.05, 0) is 71.0 Å². The molecule has 9 heteroatoms. The van der Waals surface area contributed by atoms with Crippen LogP contribution in [0.1, 0.15) is 63.9 Å². The third-order valence-corrected chi connectivity index (χ3v) is 6.56. The smallest absolute Gasteiger partial charge is 0.408 e. The Morgan fingerprint density at radius 1 is 1.00 bits per heavy atom. The Balaban J connectivity index is 1.45. The number of esters is 1. The van der Waals surface area contributed by atoms with E-state index in [1.165, 1.54) is 0 Å². The average Bonchev–Trinajstić information content (AvgIpc) is 3.15. The van der Waals surface area contributed by atoms with Crippen LogP contribution in [0.2, 0.25) is 0 Å². The van der Waals surface area contributed by atoms with Crippen LogP contribution in [0.25, 0.3) is 22.1 Å². The van der Waals surface area contributed by atoms with Gasteiger partial charge in [0.25, 0.3) is 0 Å². The number of rotatable bonds is 7. The van der Waals surface area contributed by atoms with Gasteiger partial charge in [-0.15, -0.1) is 0 Å². The normalized spacial score (nSPS) is 12.9. The van der Waals surface area contributed by atoms with E-state index in [1.807, 2.05) is 44.0 Å². The molecule has 2 aromatic carbocycles. The van der Waals surface area contributed by atoms with Crippen molar-refractivity contribution in [1.82, 2.24) is 10.2 Å². The van der Waals surface area contributed by atoms with E-state index in [1.54, 1.807) is 27.7 Å². The summed E-state index contributed by atoms with van der Waals surface area (Å²) in [5, 5.41) is 4.05. The maximum Gasteiger partial charge on any atom is 0.408 e. The molecule has 1 aromatic heterocycles. The van der Waals surface area contributed by atoms with E-state index in [9.17, 15) is 19.2 Å². The third-order valence-electron chi connectivity index (χ3n) is 6.56. The lowest BCUT2D eigenvalue weighted by molar-refractivity contribution is -0.142. The number of likely N-dealkylation sites (N-methyl/N-ethyl adjacent to an activating group) is 1. The minimum atomic E-state index is -0.693. The number of benzene rings is 2. The Morgan fingerprint density at radius 3 is 2.38 bits per heavy atom. The van der Waals surface area contributed by atoms with Crippen molar-refractivity contribution in [2.24, 2.45) is 0 Å².